The van der Waals surface area contributed by atoms with Crippen molar-refractivity contribution in [2.24, 2.45) is 7.05 Å². The van der Waals surface area contributed by atoms with Crippen molar-refractivity contribution < 1.29 is 9.53 Å². The molecular weight excluding hydrogens is 290 g/mol. The average molecular weight is 317 g/mol. The third kappa shape index (κ3) is 3.28. The Hall–Kier alpha value is -1.78. The first kappa shape index (κ1) is 16.1. The van der Waals surface area contributed by atoms with Crippen LogP contribution in [0, 0.1) is 6.92 Å². The molecule has 0 aromatic carbocycles. The summed E-state index contributed by atoms with van der Waals surface area (Å²) < 4.78 is 7.49. The van der Waals surface area contributed by atoms with Gasteiger partial charge in [-0.2, -0.15) is 5.10 Å². The van der Waals surface area contributed by atoms with Crippen LogP contribution in [0.15, 0.2) is 12.3 Å². The molecular formula is C18H27N3O2. The molecule has 0 N–H and O–H groups in total. The molecule has 5 nitrogen and oxygen atoms in total. The molecule has 2 unspecified atom stereocenters. The third-order valence-electron chi connectivity index (χ3n) is 4.60. The molecule has 2 aliphatic rings. The zero-order valence-corrected chi connectivity index (χ0v) is 14.8. The molecule has 1 amide bonds. The molecule has 1 fully saturated rings. The van der Waals surface area contributed by atoms with Crippen molar-refractivity contribution >= 4 is 11.7 Å². The molecule has 1 saturated heterocycles. The van der Waals surface area contributed by atoms with Gasteiger partial charge < -0.3 is 4.74 Å². The number of fused-ring (bicyclic) bond motifs is 2. The van der Waals surface area contributed by atoms with E-state index in [4.69, 9.17) is 4.74 Å². The average Bonchev–Trinajstić information content (AvgIpc) is 2.74. The quantitative estimate of drug-likeness (QED) is 0.794. The van der Waals surface area contributed by atoms with Crippen LogP contribution in [0.2, 0.25) is 0 Å². The van der Waals surface area contributed by atoms with Gasteiger partial charge in [0.2, 0.25) is 0 Å². The number of nitrogens with zero attached hydrogens (tertiary/aromatic N) is 3. The number of ether oxygens (including phenoxy) is 1. The van der Waals surface area contributed by atoms with Gasteiger partial charge in [0.25, 0.3) is 0 Å². The Labute approximate surface area is 138 Å². The molecule has 0 spiro atoms. The summed E-state index contributed by atoms with van der Waals surface area (Å²) in [5.74, 6) is 0. The Kier molecular flexibility index (Phi) is 3.98. The van der Waals surface area contributed by atoms with Crippen LogP contribution in [0.5, 0.6) is 0 Å². The topological polar surface area (TPSA) is 47.4 Å². The van der Waals surface area contributed by atoms with Crippen LogP contribution in [0.25, 0.3) is 5.57 Å². The van der Waals surface area contributed by atoms with E-state index in [1.54, 1.807) is 0 Å². The summed E-state index contributed by atoms with van der Waals surface area (Å²) in [6.07, 6.45) is 8.28. The molecule has 2 bridgehead atoms. The summed E-state index contributed by atoms with van der Waals surface area (Å²) in [6.45, 7) is 7.81. The summed E-state index contributed by atoms with van der Waals surface area (Å²) in [4.78, 5) is 14.6. The predicted octanol–water partition coefficient (Wildman–Crippen LogP) is 3.67. The van der Waals surface area contributed by atoms with Crippen molar-refractivity contribution in [1.82, 2.24) is 14.7 Å². The van der Waals surface area contributed by atoms with E-state index in [9.17, 15) is 4.79 Å². The zero-order chi connectivity index (χ0) is 16.8. The summed E-state index contributed by atoms with van der Waals surface area (Å²) in [6, 6.07) is 0.384. The molecule has 2 aliphatic heterocycles. The molecule has 3 heterocycles. The third-order valence-corrected chi connectivity index (χ3v) is 4.60. The van der Waals surface area contributed by atoms with Gasteiger partial charge in [0, 0.05) is 24.8 Å². The number of amides is 1. The van der Waals surface area contributed by atoms with E-state index in [-0.39, 0.29) is 18.2 Å². The fourth-order valence-corrected chi connectivity index (χ4v) is 3.74. The van der Waals surface area contributed by atoms with E-state index in [0.717, 1.165) is 25.0 Å². The minimum Gasteiger partial charge on any atom is -0.444 e. The van der Waals surface area contributed by atoms with E-state index in [1.807, 2.05) is 44.3 Å². The molecule has 1 aromatic rings. The predicted molar refractivity (Wildman–Crippen MR) is 90.0 cm³/mol. The van der Waals surface area contributed by atoms with Crippen LogP contribution in [0.3, 0.4) is 0 Å². The van der Waals surface area contributed by atoms with Gasteiger partial charge in [-0.1, -0.05) is 6.08 Å². The van der Waals surface area contributed by atoms with Gasteiger partial charge in [0.05, 0.1) is 11.7 Å². The lowest BCUT2D eigenvalue weighted by molar-refractivity contribution is 0.0000859. The van der Waals surface area contributed by atoms with Crippen molar-refractivity contribution in [3.8, 4) is 0 Å². The molecule has 1 aromatic heterocycles. The molecule has 23 heavy (non-hydrogen) atoms. The summed E-state index contributed by atoms with van der Waals surface area (Å²) in [5.41, 5.74) is 3.15. The SMILES string of the molecule is Cc1nn(C)cc1C1=CC2CCCC(C1)N2C(=O)OC(C)(C)C. The lowest BCUT2D eigenvalue weighted by Gasteiger charge is -2.45. The lowest BCUT2D eigenvalue weighted by atomic mass is 9.83. The smallest absolute Gasteiger partial charge is 0.411 e. The standard InChI is InChI=1S/C18H27N3O2/c1-12-16(11-20(5)19-12)13-9-14-7-6-8-15(10-13)21(14)17(22)23-18(2,3)4/h9,11,14-15H,6-8,10H2,1-5H3. The first-order valence-corrected chi connectivity index (χ1v) is 8.47. The summed E-state index contributed by atoms with van der Waals surface area (Å²) in [5, 5.41) is 4.45. The number of rotatable bonds is 1. The monoisotopic (exact) mass is 317 g/mol. The van der Waals surface area contributed by atoms with Crippen molar-refractivity contribution in [3.63, 3.8) is 0 Å². The van der Waals surface area contributed by atoms with Gasteiger partial charge >= 0.3 is 6.09 Å². The number of hydrogen-bond acceptors (Lipinski definition) is 3. The summed E-state index contributed by atoms with van der Waals surface area (Å²) >= 11 is 0. The van der Waals surface area contributed by atoms with Crippen LogP contribution >= 0.6 is 0 Å². The first-order valence-electron chi connectivity index (χ1n) is 8.47. The zero-order valence-electron chi connectivity index (χ0n) is 14.8. The molecule has 0 radical (unpaired) electrons. The van der Waals surface area contributed by atoms with Crippen LogP contribution in [0.4, 0.5) is 4.79 Å². The van der Waals surface area contributed by atoms with Crippen molar-refractivity contribution in [3.05, 3.63) is 23.5 Å². The van der Waals surface area contributed by atoms with Crippen LogP contribution in [0.1, 0.15) is 57.7 Å². The molecule has 2 atom stereocenters. The normalized spacial score (nSPS) is 24.4. The van der Waals surface area contributed by atoms with Gasteiger partial charge in [-0.3, -0.25) is 9.58 Å². The Morgan fingerprint density at radius 3 is 2.65 bits per heavy atom. The van der Waals surface area contributed by atoms with Gasteiger partial charge in [0.1, 0.15) is 5.60 Å². The lowest BCUT2D eigenvalue weighted by Crippen LogP contribution is -2.53. The number of hydrogen-bond donors (Lipinski definition) is 0. The molecule has 3 rings (SSSR count). The Balaban J connectivity index is 1.87. The molecule has 0 saturated carbocycles. The number of carbonyl (C=O) groups is 1. The van der Waals surface area contributed by atoms with Crippen molar-refractivity contribution in [1.29, 1.82) is 0 Å². The fourth-order valence-electron chi connectivity index (χ4n) is 3.74. The summed E-state index contributed by atoms with van der Waals surface area (Å²) in [7, 11) is 1.95. The molecule has 126 valence electrons. The van der Waals surface area contributed by atoms with Crippen LogP contribution < -0.4 is 0 Å². The highest BCUT2D eigenvalue weighted by Crippen LogP contribution is 2.38. The van der Waals surface area contributed by atoms with Crippen LogP contribution in [-0.4, -0.2) is 38.5 Å². The van der Waals surface area contributed by atoms with E-state index in [1.165, 1.54) is 17.6 Å². The van der Waals surface area contributed by atoms with Gasteiger partial charge in [-0.15, -0.1) is 0 Å². The second kappa shape index (κ2) is 5.69. The van der Waals surface area contributed by atoms with Crippen molar-refractivity contribution in [2.75, 3.05) is 0 Å². The van der Waals surface area contributed by atoms with Gasteiger partial charge in [0.15, 0.2) is 0 Å². The van der Waals surface area contributed by atoms with E-state index in [0.29, 0.717) is 0 Å². The Bertz CT molecular complexity index is 639. The second-order valence-corrected chi connectivity index (χ2v) is 7.74. The van der Waals surface area contributed by atoms with Gasteiger partial charge in [-0.05, 0) is 59.0 Å². The second-order valence-electron chi connectivity index (χ2n) is 7.74. The Morgan fingerprint density at radius 1 is 1.35 bits per heavy atom. The largest absolute Gasteiger partial charge is 0.444 e. The minimum absolute atomic E-state index is 0.145. The van der Waals surface area contributed by atoms with Gasteiger partial charge in [-0.25, -0.2) is 4.79 Å². The first-order chi connectivity index (χ1) is 10.7. The fraction of sp³-hybridized carbons (Fsp3) is 0.667. The highest BCUT2D eigenvalue weighted by Gasteiger charge is 2.39. The van der Waals surface area contributed by atoms with Crippen LogP contribution in [-0.2, 0) is 11.8 Å². The van der Waals surface area contributed by atoms with E-state index >= 15 is 0 Å². The Morgan fingerprint density at radius 2 is 2.09 bits per heavy atom. The molecule has 0 aliphatic carbocycles. The number of carbonyl (C=O) groups excluding carboxylic acids is 1. The highest BCUT2D eigenvalue weighted by atomic mass is 16.6. The molecule has 5 heteroatoms. The maximum atomic E-state index is 12.6. The van der Waals surface area contributed by atoms with Crippen molar-refractivity contribution in [2.45, 2.75) is 71.1 Å². The van der Waals surface area contributed by atoms with E-state index in [2.05, 4.69) is 17.4 Å². The van der Waals surface area contributed by atoms with E-state index < -0.39 is 5.60 Å². The number of piperidine rings is 1. The number of aryl methyl sites for hydroxylation is 2. The highest BCUT2D eigenvalue weighted by molar-refractivity contribution is 5.75. The maximum Gasteiger partial charge on any atom is 0.411 e. The number of aromatic nitrogens is 2. The maximum absolute atomic E-state index is 12.6. The minimum atomic E-state index is -0.449.